The number of hydrogen-bond donors (Lipinski definition) is 0. The van der Waals surface area contributed by atoms with E-state index < -0.39 is 5.92 Å². The van der Waals surface area contributed by atoms with Gasteiger partial charge in [0.2, 0.25) is 0 Å². The molecule has 0 fully saturated rings. The summed E-state index contributed by atoms with van der Waals surface area (Å²) in [6.45, 7) is 3.99. The number of allylic oxidation sites excluding steroid dienone is 2. The first-order valence-corrected chi connectivity index (χ1v) is 8.09. The highest BCUT2D eigenvalue weighted by molar-refractivity contribution is 8.14. The Morgan fingerprint density at radius 2 is 2.29 bits per heavy atom. The summed E-state index contributed by atoms with van der Waals surface area (Å²) in [7, 11) is 0. The number of hydrogen-bond acceptors (Lipinski definition) is 6. The number of Topliss-reactive ketones (excluding diaryl/α,β-unsaturated/α-hetero) is 1. The topological polar surface area (TPSA) is 79.5 Å². The van der Waals surface area contributed by atoms with E-state index in [0.717, 1.165) is 18.5 Å². The van der Waals surface area contributed by atoms with Crippen LogP contribution in [0.2, 0.25) is 0 Å². The summed E-state index contributed by atoms with van der Waals surface area (Å²) in [5.74, 6) is -0.657. The maximum atomic E-state index is 12.0. The third kappa shape index (κ3) is 3.35. The Kier molecular flexibility index (Phi) is 5.18. The molecular weight excluding hydrogens is 288 g/mol. The molecule has 1 heterocycles. The average Bonchev–Trinajstić information content (AvgIpc) is 2.45. The first-order valence-electron chi connectivity index (χ1n) is 7.11. The number of ether oxygens (including phenoxy) is 1. The molecule has 6 heteroatoms. The van der Waals surface area contributed by atoms with Crippen LogP contribution in [0.5, 0.6) is 0 Å². The zero-order chi connectivity index (χ0) is 15.4. The van der Waals surface area contributed by atoms with E-state index in [1.54, 1.807) is 6.92 Å². The van der Waals surface area contributed by atoms with E-state index in [0.29, 0.717) is 23.6 Å². The normalized spacial score (nSPS) is 25.0. The smallest absolute Gasteiger partial charge is 0.316 e. The number of esters is 1. The molecule has 0 saturated carbocycles. The van der Waals surface area contributed by atoms with Gasteiger partial charge < -0.3 is 4.74 Å². The Balaban J connectivity index is 2.21. The van der Waals surface area contributed by atoms with E-state index in [1.807, 2.05) is 6.92 Å². The third-order valence-electron chi connectivity index (χ3n) is 3.68. The van der Waals surface area contributed by atoms with Crippen LogP contribution in [0, 0.1) is 23.2 Å². The molecule has 21 heavy (non-hydrogen) atoms. The van der Waals surface area contributed by atoms with Gasteiger partial charge in [-0.05, 0) is 19.8 Å². The van der Waals surface area contributed by atoms with Crippen molar-refractivity contribution in [1.82, 2.24) is 0 Å². The number of aliphatic imine (C=N–C) groups is 1. The lowest BCUT2D eigenvalue weighted by molar-refractivity contribution is -0.139. The van der Waals surface area contributed by atoms with Gasteiger partial charge in [-0.15, -0.1) is 0 Å². The fourth-order valence-corrected chi connectivity index (χ4v) is 3.65. The minimum Gasteiger partial charge on any atom is -0.465 e. The monoisotopic (exact) mass is 306 g/mol. The highest BCUT2D eigenvalue weighted by Gasteiger charge is 2.37. The van der Waals surface area contributed by atoms with E-state index in [9.17, 15) is 14.9 Å². The van der Waals surface area contributed by atoms with E-state index in [1.165, 1.54) is 11.8 Å². The number of carbonyl (C=O) groups is 2. The molecule has 0 aromatic heterocycles. The molecule has 5 nitrogen and oxygen atoms in total. The van der Waals surface area contributed by atoms with Crippen LogP contribution in [0.15, 0.2) is 16.3 Å². The van der Waals surface area contributed by atoms with Crippen molar-refractivity contribution in [1.29, 1.82) is 5.26 Å². The van der Waals surface area contributed by atoms with Gasteiger partial charge in [-0.2, -0.15) is 5.26 Å². The van der Waals surface area contributed by atoms with Crippen LogP contribution in [-0.4, -0.2) is 29.2 Å². The third-order valence-corrected chi connectivity index (χ3v) is 4.70. The molecule has 0 aromatic rings. The summed E-state index contributed by atoms with van der Waals surface area (Å²) in [6, 6.07) is 2.22. The Morgan fingerprint density at radius 1 is 1.52 bits per heavy atom. The number of nitriles is 1. The molecule has 0 aromatic carbocycles. The number of thioether (sulfide) groups is 1. The van der Waals surface area contributed by atoms with Gasteiger partial charge in [0.15, 0.2) is 5.78 Å². The Bertz CT molecular complexity index is 560. The molecule has 2 unspecified atom stereocenters. The molecule has 0 bridgehead atoms. The van der Waals surface area contributed by atoms with Gasteiger partial charge in [0.05, 0.1) is 23.5 Å². The van der Waals surface area contributed by atoms with Crippen LogP contribution in [-0.2, 0) is 14.3 Å². The van der Waals surface area contributed by atoms with Gasteiger partial charge in [-0.3, -0.25) is 9.59 Å². The van der Waals surface area contributed by atoms with Gasteiger partial charge in [-0.1, -0.05) is 18.7 Å². The van der Waals surface area contributed by atoms with Crippen molar-refractivity contribution in [3.8, 4) is 6.07 Å². The van der Waals surface area contributed by atoms with E-state index in [-0.39, 0.29) is 23.4 Å². The molecule has 1 aliphatic carbocycles. The van der Waals surface area contributed by atoms with E-state index in [2.05, 4.69) is 11.1 Å². The summed E-state index contributed by atoms with van der Waals surface area (Å²) < 4.78 is 4.89. The van der Waals surface area contributed by atoms with E-state index in [4.69, 9.17) is 4.74 Å². The highest BCUT2D eigenvalue weighted by atomic mass is 32.2. The van der Waals surface area contributed by atoms with E-state index >= 15 is 0 Å². The Morgan fingerprint density at radius 3 is 2.95 bits per heavy atom. The predicted octanol–water partition coefficient (Wildman–Crippen LogP) is 2.48. The van der Waals surface area contributed by atoms with Gasteiger partial charge in [-0.25, -0.2) is 4.99 Å². The SMILES string of the molecule is CCOC(=O)CSC1=NC2=C(C(=O)CCC2)C(C)C1C#N. The fraction of sp³-hybridized carbons (Fsp3) is 0.600. The van der Waals surface area contributed by atoms with Crippen LogP contribution < -0.4 is 0 Å². The second kappa shape index (κ2) is 6.90. The molecule has 1 aliphatic heterocycles. The Hall–Kier alpha value is -1.61. The lowest BCUT2D eigenvalue weighted by Gasteiger charge is -2.30. The largest absolute Gasteiger partial charge is 0.465 e. The van der Waals surface area contributed by atoms with Crippen LogP contribution in [0.25, 0.3) is 0 Å². The molecular formula is C15H18N2O3S. The minimum atomic E-state index is -0.453. The van der Waals surface area contributed by atoms with Gasteiger partial charge >= 0.3 is 5.97 Å². The maximum absolute atomic E-state index is 12.0. The van der Waals surface area contributed by atoms with Crippen molar-refractivity contribution in [2.75, 3.05) is 12.4 Å². The fourth-order valence-electron chi connectivity index (χ4n) is 2.69. The Labute approximate surface area is 128 Å². The molecule has 0 saturated heterocycles. The maximum Gasteiger partial charge on any atom is 0.316 e. The van der Waals surface area contributed by atoms with Crippen molar-refractivity contribution < 1.29 is 14.3 Å². The number of carbonyl (C=O) groups excluding carboxylic acids is 2. The first-order chi connectivity index (χ1) is 10.1. The lowest BCUT2D eigenvalue weighted by atomic mass is 9.79. The molecule has 0 N–H and O–H groups in total. The summed E-state index contributed by atoms with van der Waals surface area (Å²) in [5, 5.41) is 10.0. The molecule has 112 valence electrons. The van der Waals surface area contributed by atoms with Crippen molar-refractivity contribution in [2.24, 2.45) is 16.8 Å². The predicted molar refractivity (Wildman–Crippen MR) is 80.7 cm³/mol. The van der Waals surface area contributed by atoms with Crippen molar-refractivity contribution in [3.05, 3.63) is 11.3 Å². The van der Waals surface area contributed by atoms with Crippen LogP contribution in [0.4, 0.5) is 0 Å². The number of nitrogens with zero attached hydrogens (tertiary/aromatic N) is 2. The zero-order valence-electron chi connectivity index (χ0n) is 12.2. The molecule has 0 spiro atoms. The van der Waals surface area contributed by atoms with Crippen LogP contribution in [0.1, 0.15) is 33.1 Å². The van der Waals surface area contributed by atoms with Crippen molar-refractivity contribution in [3.63, 3.8) is 0 Å². The number of rotatable bonds is 3. The summed E-state index contributed by atoms with van der Waals surface area (Å²) >= 11 is 1.25. The molecule has 2 atom stereocenters. The average molecular weight is 306 g/mol. The van der Waals surface area contributed by atoms with Crippen molar-refractivity contribution >= 4 is 28.6 Å². The van der Waals surface area contributed by atoms with Gasteiger partial charge in [0, 0.05) is 23.6 Å². The standard InChI is InChI=1S/C15H18N2O3S/c1-3-20-13(19)8-21-15-10(7-16)9(2)14-11(17-15)5-4-6-12(14)18/h9-10H,3-6,8H2,1-2H3. The lowest BCUT2D eigenvalue weighted by Crippen LogP contribution is -2.30. The van der Waals surface area contributed by atoms with Crippen molar-refractivity contribution in [2.45, 2.75) is 33.1 Å². The van der Waals surface area contributed by atoms with Gasteiger partial charge in [0.1, 0.15) is 5.92 Å². The highest BCUT2D eigenvalue weighted by Crippen LogP contribution is 2.38. The second-order valence-corrected chi connectivity index (χ2v) is 6.07. The molecule has 2 rings (SSSR count). The van der Waals surface area contributed by atoms with Crippen LogP contribution >= 0.6 is 11.8 Å². The molecule has 0 radical (unpaired) electrons. The zero-order valence-corrected chi connectivity index (χ0v) is 13.0. The molecule has 0 amide bonds. The van der Waals surface area contributed by atoms with Gasteiger partial charge in [0.25, 0.3) is 0 Å². The number of ketones is 1. The summed E-state index contributed by atoms with van der Waals surface area (Å²) in [5.41, 5.74) is 1.52. The molecule has 2 aliphatic rings. The quantitative estimate of drug-likeness (QED) is 0.748. The second-order valence-electron chi connectivity index (χ2n) is 5.08. The summed E-state index contributed by atoms with van der Waals surface area (Å²) in [4.78, 5) is 28.0. The first kappa shape index (κ1) is 15.8. The summed E-state index contributed by atoms with van der Waals surface area (Å²) in [6.07, 6.45) is 2.12. The minimum absolute atomic E-state index is 0.113. The van der Waals surface area contributed by atoms with Crippen LogP contribution in [0.3, 0.4) is 0 Å².